The summed E-state index contributed by atoms with van der Waals surface area (Å²) in [6.07, 6.45) is 6.21. The molecule has 3 saturated carbocycles. The Morgan fingerprint density at radius 2 is 2.09 bits per heavy atom. The summed E-state index contributed by atoms with van der Waals surface area (Å²) in [5, 5.41) is 2.64. The molecule has 2 N–H and O–H groups in total. The third kappa shape index (κ3) is 1.91. The summed E-state index contributed by atoms with van der Waals surface area (Å²) < 4.78 is 14.3. The number of anilines is 1. The minimum absolute atomic E-state index is 0.146. The van der Waals surface area contributed by atoms with E-state index in [9.17, 15) is 4.39 Å². The van der Waals surface area contributed by atoms with Crippen LogP contribution in [0.4, 0.5) is 10.1 Å². The van der Waals surface area contributed by atoms with Gasteiger partial charge in [-0.05, 0) is 61.6 Å². The van der Waals surface area contributed by atoms with Gasteiger partial charge in [0.05, 0.1) is 5.69 Å². The highest BCUT2D eigenvalue weighted by Crippen LogP contribution is 2.49. The second-order valence-corrected chi connectivity index (χ2v) is 7.76. The predicted octanol–water partition coefficient (Wildman–Crippen LogP) is 3.71. The molecule has 0 unspecified atom stereocenters. The van der Waals surface area contributed by atoms with E-state index in [1.54, 1.807) is 6.07 Å². The SMILES string of the molecule is Fc1cc2ccc(N3NO[C@]4(CC5CCC4CC5)N3)cc2s1. The van der Waals surface area contributed by atoms with Crippen molar-refractivity contribution in [1.82, 2.24) is 11.0 Å². The van der Waals surface area contributed by atoms with Gasteiger partial charge in [-0.3, -0.25) is 4.84 Å². The number of nitrogens with zero attached hydrogens (tertiary/aromatic N) is 1. The maximum atomic E-state index is 13.4. The van der Waals surface area contributed by atoms with E-state index in [1.807, 2.05) is 23.3 Å². The summed E-state index contributed by atoms with van der Waals surface area (Å²) in [7, 11) is 0. The molecule has 4 nitrogen and oxygen atoms in total. The van der Waals surface area contributed by atoms with Gasteiger partial charge in [0, 0.05) is 10.6 Å². The fourth-order valence-corrected chi connectivity index (χ4v) is 5.12. The van der Waals surface area contributed by atoms with Gasteiger partial charge in [-0.2, -0.15) is 9.82 Å². The maximum Gasteiger partial charge on any atom is 0.177 e. The third-order valence-corrected chi connectivity index (χ3v) is 6.34. The summed E-state index contributed by atoms with van der Waals surface area (Å²) in [5.41, 5.74) is 7.24. The molecule has 1 atom stereocenters. The van der Waals surface area contributed by atoms with Crippen LogP contribution in [0.15, 0.2) is 24.3 Å². The molecule has 1 aromatic carbocycles. The second-order valence-electron chi connectivity index (χ2n) is 6.72. The van der Waals surface area contributed by atoms with Crippen LogP contribution in [0.2, 0.25) is 0 Å². The molecule has 1 aliphatic heterocycles. The van der Waals surface area contributed by atoms with E-state index < -0.39 is 0 Å². The summed E-state index contributed by atoms with van der Waals surface area (Å²) >= 11 is 1.17. The number of hydrogen-bond donors (Lipinski definition) is 2. The number of nitrogens with one attached hydrogen (secondary N) is 2. The van der Waals surface area contributed by atoms with Gasteiger partial charge in [-0.15, -0.1) is 11.3 Å². The molecular formula is C16H18FN3OS. The largest absolute Gasteiger partial charge is 0.257 e. The molecule has 4 fully saturated rings. The molecule has 1 aromatic heterocycles. The van der Waals surface area contributed by atoms with E-state index in [1.165, 1.54) is 37.0 Å². The highest BCUT2D eigenvalue weighted by Gasteiger charge is 2.53. The fraction of sp³-hybridized carbons (Fsp3) is 0.500. The topological polar surface area (TPSA) is 36.5 Å². The summed E-state index contributed by atoms with van der Waals surface area (Å²) in [5.74, 6) is 1.34. The van der Waals surface area contributed by atoms with Gasteiger partial charge in [-0.1, -0.05) is 11.7 Å². The van der Waals surface area contributed by atoms with Crippen molar-refractivity contribution < 1.29 is 9.23 Å². The fourth-order valence-electron chi connectivity index (χ4n) is 4.30. The van der Waals surface area contributed by atoms with Crippen molar-refractivity contribution in [1.29, 1.82) is 0 Å². The van der Waals surface area contributed by atoms with Gasteiger partial charge in [0.15, 0.2) is 10.9 Å². The lowest BCUT2D eigenvalue weighted by Gasteiger charge is -2.47. The van der Waals surface area contributed by atoms with Gasteiger partial charge in [0.1, 0.15) is 0 Å². The number of hydrogen-bond acceptors (Lipinski definition) is 5. The number of halogens is 1. The van der Waals surface area contributed by atoms with Crippen LogP contribution in [0.5, 0.6) is 0 Å². The Kier molecular flexibility index (Phi) is 2.80. The van der Waals surface area contributed by atoms with E-state index in [0.29, 0.717) is 5.92 Å². The molecule has 1 saturated heterocycles. The zero-order chi connectivity index (χ0) is 14.7. The quantitative estimate of drug-likeness (QED) is 0.840. The summed E-state index contributed by atoms with van der Waals surface area (Å²) in [4.78, 5) is 5.99. The van der Waals surface area contributed by atoms with Crippen LogP contribution in [-0.2, 0) is 4.84 Å². The Balaban J connectivity index is 1.44. The van der Waals surface area contributed by atoms with Gasteiger partial charge in [-0.25, -0.2) is 5.12 Å². The lowest BCUT2D eigenvalue weighted by Crippen LogP contribution is -2.57. The lowest BCUT2D eigenvalue weighted by molar-refractivity contribution is -0.153. The highest BCUT2D eigenvalue weighted by atomic mass is 32.1. The zero-order valence-corrected chi connectivity index (χ0v) is 13.0. The highest BCUT2D eigenvalue weighted by molar-refractivity contribution is 7.17. The molecule has 0 amide bonds. The van der Waals surface area contributed by atoms with Crippen LogP contribution in [0.1, 0.15) is 32.1 Å². The van der Waals surface area contributed by atoms with Gasteiger partial charge < -0.3 is 0 Å². The smallest absolute Gasteiger partial charge is 0.177 e. The van der Waals surface area contributed by atoms with Crippen molar-refractivity contribution in [3.63, 3.8) is 0 Å². The van der Waals surface area contributed by atoms with Crippen LogP contribution >= 0.6 is 11.3 Å². The molecule has 2 bridgehead atoms. The first-order valence-electron chi connectivity index (χ1n) is 7.93. The van der Waals surface area contributed by atoms with E-state index in [0.717, 1.165) is 28.1 Å². The molecule has 6 heteroatoms. The molecule has 116 valence electrons. The van der Waals surface area contributed by atoms with Crippen molar-refractivity contribution in [2.24, 2.45) is 11.8 Å². The zero-order valence-electron chi connectivity index (χ0n) is 12.1. The number of rotatable bonds is 1. The standard InChI is InChI=1S/C16H18FN3OS/c17-15-7-11-3-6-13(8-14(11)22-15)20-18-16(21-19-20)9-10-1-4-12(16)5-2-10/h3,6-8,10,12,18-19H,1-2,4-5,9H2/t10?,12?,16-/m0/s1. The van der Waals surface area contributed by atoms with Crippen molar-refractivity contribution in [3.8, 4) is 0 Å². The second kappa shape index (κ2) is 4.64. The minimum atomic E-state index is -0.267. The normalized spacial score (nSPS) is 34.1. The monoisotopic (exact) mass is 319 g/mol. The Hall–Kier alpha value is -1.21. The van der Waals surface area contributed by atoms with E-state index >= 15 is 0 Å². The number of benzene rings is 1. The van der Waals surface area contributed by atoms with Crippen molar-refractivity contribution in [3.05, 3.63) is 29.4 Å². The van der Waals surface area contributed by atoms with Crippen LogP contribution in [0.25, 0.3) is 10.1 Å². The summed E-state index contributed by atoms with van der Waals surface area (Å²) in [6.45, 7) is 0. The Labute approximate surface area is 132 Å². The van der Waals surface area contributed by atoms with Crippen LogP contribution in [0.3, 0.4) is 0 Å². The van der Waals surface area contributed by atoms with Crippen molar-refractivity contribution in [2.45, 2.75) is 37.8 Å². The molecule has 1 spiro atoms. The first-order valence-corrected chi connectivity index (χ1v) is 8.74. The van der Waals surface area contributed by atoms with E-state index in [4.69, 9.17) is 4.84 Å². The average molecular weight is 319 g/mol. The third-order valence-electron chi connectivity index (χ3n) is 5.45. The van der Waals surface area contributed by atoms with Crippen molar-refractivity contribution in [2.75, 3.05) is 5.12 Å². The number of fused-ring (bicyclic) bond motifs is 3. The Bertz CT molecular complexity index is 727. The van der Waals surface area contributed by atoms with E-state index in [-0.39, 0.29) is 10.9 Å². The Morgan fingerprint density at radius 3 is 2.86 bits per heavy atom. The molecule has 2 aromatic rings. The van der Waals surface area contributed by atoms with Crippen LogP contribution in [0, 0.1) is 17.0 Å². The molecular weight excluding hydrogens is 301 g/mol. The molecule has 3 aliphatic carbocycles. The summed E-state index contributed by atoms with van der Waals surface area (Å²) in [6, 6.07) is 7.50. The van der Waals surface area contributed by atoms with Gasteiger partial charge >= 0.3 is 0 Å². The molecule has 6 rings (SSSR count). The molecule has 2 heterocycles. The van der Waals surface area contributed by atoms with E-state index in [2.05, 4.69) is 11.0 Å². The van der Waals surface area contributed by atoms with Gasteiger partial charge in [0.2, 0.25) is 0 Å². The first-order chi connectivity index (χ1) is 10.7. The number of thiophene rings is 1. The van der Waals surface area contributed by atoms with Crippen LogP contribution in [-0.4, -0.2) is 5.72 Å². The minimum Gasteiger partial charge on any atom is -0.257 e. The lowest BCUT2D eigenvalue weighted by atomic mass is 9.66. The van der Waals surface area contributed by atoms with Crippen LogP contribution < -0.4 is 16.1 Å². The average Bonchev–Trinajstić information content (AvgIpc) is 3.10. The molecule has 22 heavy (non-hydrogen) atoms. The number of hydrazine groups is 2. The predicted molar refractivity (Wildman–Crippen MR) is 84.4 cm³/mol. The Morgan fingerprint density at radius 1 is 1.23 bits per heavy atom. The van der Waals surface area contributed by atoms with Gasteiger partial charge in [0.25, 0.3) is 0 Å². The first kappa shape index (κ1) is 13.2. The maximum absolute atomic E-state index is 13.4. The van der Waals surface area contributed by atoms with Crippen molar-refractivity contribution >= 4 is 27.1 Å². The molecule has 0 radical (unpaired) electrons. The molecule has 4 aliphatic rings.